The van der Waals surface area contributed by atoms with Crippen LogP contribution < -0.4 is 10.6 Å². The highest BCUT2D eigenvalue weighted by atomic mass is 32.2. The number of hydrogen-bond donors (Lipinski definition) is 3. The summed E-state index contributed by atoms with van der Waals surface area (Å²) in [5.74, 6) is 0.445. The molecular formula is C26H42N6O4S2. The number of aliphatic hydroxyl groups is 1. The molecule has 38 heavy (non-hydrogen) atoms. The number of hydrogen-bond acceptors (Lipinski definition) is 10. The molecule has 3 N–H and O–H groups in total. The minimum absolute atomic E-state index is 0.00982. The van der Waals surface area contributed by atoms with Crippen LogP contribution in [0.1, 0.15) is 58.3 Å². The van der Waals surface area contributed by atoms with Crippen LogP contribution in [0.5, 0.6) is 0 Å². The van der Waals surface area contributed by atoms with Crippen molar-refractivity contribution in [1.29, 1.82) is 0 Å². The summed E-state index contributed by atoms with van der Waals surface area (Å²) in [6.07, 6.45) is 3.78. The monoisotopic (exact) mass is 566 g/mol. The van der Waals surface area contributed by atoms with E-state index in [1.165, 1.54) is 16.4 Å². The third-order valence-corrected chi connectivity index (χ3v) is 9.50. The minimum Gasteiger partial charge on any atom is -0.444 e. The number of amides is 2. The number of fused-ring (bicyclic) bond motifs is 1. The Morgan fingerprint density at radius 1 is 1.29 bits per heavy atom. The molecule has 1 saturated heterocycles. The lowest BCUT2D eigenvalue weighted by Gasteiger charge is -2.34. The van der Waals surface area contributed by atoms with Crippen LogP contribution in [0.15, 0.2) is 16.7 Å². The zero-order valence-electron chi connectivity index (χ0n) is 23.1. The Balaban J connectivity index is 1.21. The van der Waals surface area contributed by atoms with Crippen molar-refractivity contribution in [2.24, 2.45) is 16.8 Å². The predicted molar refractivity (Wildman–Crippen MR) is 151 cm³/mol. The summed E-state index contributed by atoms with van der Waals surface area (Å²) in [7, 11) is 1.88. The molecule has 4 unspecified atom stereocenters. The van der Waals surface area contributed by atoms with E-state index in [-0.39, 0.29) is 36.1 Å². The molecule has 4 rings (SSSR count). The Labute approximate surface area is 234 Å². The van der Waals surface area contributed by atoms with Crippen molar-refractivity contribution < 1.29 is 19.4 Å². The first-order chi connectivity index (χ1) is 18.1. The lowest BCUT2D eigenvalue weighted by molar-refractivity contribution is -0.128. The molecule has 0 spiro atoms. The SMILES string of the molecule is CC(C)CC1=NC2(CN(C)C(O)NC(C(=O)NC3CCN(C(=O)OCc4cncs4)CC3)C(C)C)CC2S1. The molecule has 2 amide bonds. The summed E-state index contributed by atoms with van der Waals surface area (Å²) in [6.45, 7) is 10.3. The van der Waals surface area contributed by atoms with Crippen LogP contribution in [0, 0.1) is 11.8 Å². The molecule has 212 valence electrons. The first kappa shape index (κ1) is 29.3. The normalized spacial score (nSPS) is 24.9. The Kier molecular flexibility index (Phi) is 9.72. The molecule has 1 aliphatic carbocycles. The van der Waals surface area contributed by atoms with Gasteiger partial charge in [-0.2, -0.15) is 0 Å². The molecule has 1 aromatic rings. The lowest BCUT2D eigenvalue weighted by Crippen LogP contribution is -2.58. The number of aliphatic hydroxyl groups excluding tert-OH is 1. The summed E-state index contributed by atoms with van der Waals surface area (Å²) in [5.41, 5.74) is 1.61. The summed E-state index contributed by atoms with van der Waals surface area (Å²) in [4.78, 5) is 39.0. The smallest absolute Gasteiger partial charge is 0.410 e. The number of carbonyl (C=O) groups is 2. The summed E-state index contributed by atoms with van der Waals surface area (Å²) >= 11 is 3.34. The highest BCUT2D eigenvalue weighted by Crippen LogP contribution is 2.55. The molecule has 0 aromatic carbocycles. The van der Waals surface area contributed by atoms with E-state index in [2.05, 4.69) is 29.5 Å². The average Bonchev–Trinajstić information content (AvgIpc) is 3.18. The molecule has 0 radical (unpaired) electrons. The number of carbonyl (C=O) groups excluding carboxylic acids is 2. The number of nitrogens with zero attached hydrogens (tertiary/aromatic N) is 4. The van der Waals surface area contributed by atoms with Gasteiger partial charge in [0.1, 0.15) is 6.61 Å². The van der Waals surface area contributed by atoms with Crippen LogP contribution in [0.3, 0.4) is 0 Å². The largest absolute Gasteiger partial charge is 0.444 e. The molecule has 12 heteroatoms. The second-order valence-corrected chi connectivity index (χ2v) is 13.7. The van der Waals surface area contributed by atoms with Gasteiger partial charge in [-0.1, -0.05) is 27.7 Å². The van der Waals surface area contributed by atoms with Crippen molar-refractivity contribution in [2.75, 3.05) is 26.7 Å². The van der Waals surface area contributed by atoms with Crippen LogP contribution in [0.2, 0.25) is 0 Å². The fraction of sp³-hybridized carbons (Fsp3) is 0.769. The fourth-order valence-electron chi connectivity index (χ4n) is 5.03. The second kappa shape index (κ2) is 12.6. The summed E-state index contributed by atoms with van der Waals surface area (Å²) < 4.78 is 5.38. The maximum atomic E-state index is 13.2. The van der Waals surface area contributed by atoms with E-state index in [0.717, 1.165) is 17.7 Å². The van der Waals surface area contributed by atoms with Gasteiger partial charge < -0.3 is 20.1 Å². The van der Waals surface area contributed by atoms with Gasteiger partial charge in [-0.15, -0.1) is 23.1 Å². The summed E-state index contributed by atoms with van der Waals surface area (Å²) in [6, 6.07) is -0.568. The van der Waals surface area contributed by atoms with Crippen molar-refractivity contribution in [2.45, 2.75) is 89.2 Å². The van der Waals surface area contributed by atoms with Gasteiger partial charge in [0.05, 0.1) is 27.0 Å². The van der Waals surface area contributed by atoms with Gasteiger partial charge in [0.15, 0.2) is 6.35 Å². The molecule has 10 nitrogen and oxygen atoms in total. The number of ether oxygens (including phenoxy) is 1. The molecule has 3 aliphatic rings. The van der Waals surface area contributed by atoms with E-state index >= 15 is 0 Å². The number of likely N-dealkylation sites (tertiary alicyclic amines) is 1. The predicted octanol–water partition coefficient (Wildman–Crippen LogP) is 2.88. The third-order valence-electron chi connectivity index (χ3n) is 7.33. The number of aromatic nitrogens is 1. The van der Waals surface area contributed by atoms with Gasteiger partial charge >= 0.3 is 6.09 Å². The number of nitrogens with one attached hydrogen (secondary N) is 2. The molecule has 1 saturated carbocycles. The van der Waals surface area contributed by atoms with Gasteiger partial charge in [-0.25, -0.2) is 4.79 Å². The fourth-order valence-corrected chi connectivity index (χ4v) is 7.24. The minimum atomic E-state index is -0.951. The molecule has 2 aliphatic heterocycles. The van der Waals surface area contributed by atoms with Crippen molar-refractivity contribution in [3.63, 3.8) is 0 Å². The number of aliphatic imine (C=N–C) groups is 1. The Bertz CT molecular complexity index is 982. The first-order valence-corrected chi connectivity index (χ1v) is 15.3. The second-order valence-electron chi connectivity index (χ2n) is 11.5. The van der Waals surface area contributed by atoms with Gasteiger partial charge in [-0.3, -0.25) is 25.0 Å². The van der Waals surface area contributed by atoms with Crippen LogP contribution in [0.25, 0.3) is 0 Å². The van der Waals surface area contributed by atoms with Crippen LogP contribution >= 0.6 is 23.1 Å². The van der Waals surface area contributed by atoms with E-state index in [4.69, 9.17) is 9.73 Å². The molecular weight excluding hydrogens is 524 g/mol. The zero-order chi connectivity index (χ0) is 27.4. The van der Waals surface area contributed by atoms with Gasteiger partial charge in [0.2, 0.25) is 5.91 Å². The topological polar surface area (TPSA) is 119 Å². The van der Waals surface area contributed by atoms with Crippen molar-refractivity contribution in [3.05, 3.63) is 16.6 Å². The molecule has 4 atom stereocenters. The Hall–Kier alpha value is -1.73. The van der Waals surface area contributed by atoms with Crippen LogP contribution in [0.4, 0.5) is 4.79 Å². The number of thioether (sulfide) groups is 1. The maximum absolute atomic E-state index is 13.2. The van der Waals surface area contributed by atoms with Gasteiger partial charge in [-0.05, 0) is 44.6 Å². The van der Waals surface area contributed by atoms with E-state index in [1.807, 2.05) is 37.6 Å². The summed E-state index contributed by atoms with van der Waals surface area (Å²) in [5, 5.41) is 18.9. The molecule has 3 heterocycles. The highest BCUT2D eigenvalue weighted by Gasteiger charge is 2.60. The number of rotatable bonds is 12. The van der Waals surface area contributed by atoms with E-state index in [0.29, 0.717) is 43.6 Å². The number of piperidine rings is 1. The highest BCUT2D eigenvalue weighted by molar-refractivity contribution is 8.15. The van der Waals surface area contributed by atoms with E-state index in [1.54, 1.807) is 16.6 Å². The standard InChI is InChI=1S/C26H42N6O4S2/c1-16(2)10-21-30-26(11-20(26)38-21)14-31(5)24(34)29-22(17(3)4)23(33)28-18-6-8-32(9-7-18)25(35)36-13-19-12-27-15-37-19/h12,15-18,20,22,24,29,34H,6-11,13-14H2,1-5H3,(H,28,33). The third kappa shape index (κ3) is 7.47. The molecule has 1 aromatic heterocycles. The Morgan fingerprint density at radius 2 is 2.03 bits per heavy atom. The van der Waals surface area contributed by atoms with Gasteiger partial charge in [0.25, 0.3) is 0 Å². The maximum Gasteiger partial charge on any atom is 0.410 e. The molecule has 2 fully saturated rings. The Morgan fingerprint density at radius 3 is 2.66 bits per heavy atom. The van der Waals surface area contributed by atoms with Crippen molar-refractivity contribution in [3.8, 4) is 0 Å². The van der Waals surface area contributed by atoms with Gasteiger partial charge in [0, 0.05) is 37.1 Å². The van der Waals surface area contributed by atoms with Crippen molar-refractivity contribution in [1.82, 2.24) is 25.4 Å². The van der Waals surface area contributed by atoms with Crippen LogP contribution in [-0.2, 0) is 16.1 Å². The average molecular weight is 567 g/mol. The van der Waals surface area contributed by atoms with Crippen LogP contribution in [-0.4, -0.2) is 92.8 Å². The number of thiazole rings is 1. The first-order valence-electron chi connectivity index (χ1n) is 13.6. The van der Waals surface area contributed by atoms with E-state index < -0.39 is 12.4 Å². The molecule has 0 bridgehead atoms. The lowest BCUT2D eigenvalue weighted by atomic mass is 10.0. The zero-order valence-corrected chi connectivity index (χ0v) is 24.7. The quantitative estimate of drug-likeness (QED) is 0.331. The number of likely N-dealkylation sites (N-methyl/N-ethyl adjacent to an activating group) is 1. The van der Waals surface area contributed by atoms with Crippen molar-refractivity contribution >= 4 is 40.1 Å². The van der Waals surface area contributed by atoms with E-state index in [9.17, 15) is 14.7 Å².